The Morgan fingerprint density at radius 1 is 1.50 bits per heavy atom. The number of thiol groups is 1. The van der Waals surface area contributed by atoms with Crippen molar-refractivity contribution in [1.82, 2.24) is 4.90 Å². The van der Waals surface area contributed by atoms with Gasteiger partial charge >= 0.3 is 0 Å². The molecule has 4 heteroatoms. The van der Waals surface area contributed by atoms with E-state index in [9.17, 15) is 4.79 Å². The second-order valence-corrected chi connectivity index (χ2v) is 5.33. The van der Waals surface area contributed by atoms with Gasteiger partial charge in [-0.2, -0.15) is 0 Å². The first kappa shape index (κ1) is 12.3. The number of Topliss-reactive ketones (excluding diaryl/α,β-unsaturated/α-hetero) is 1. The van der Waals surface area contributed by atoms with Crippen LogP contribution in [0, 0.1) is 0 Å². The summed E-state index contributed by atoms with van der Waals surface area (Å²) in [6.07, 6.45) is 0.605. The Labute approximate surface area is 83.9 Å². The highest BCUT2D eigenvalue weighted by Gasteiger charge is 2.26. The van der Waals surface area contributed by atoms with Crippen LogP contribution in [-0.4, -0.2) is 36.1 Å². The summed E-state index contributed by atoms with van der Waals surface area (Å²) in [6.45, 7) is 4.63. The van der Waals surface area contributed by atoms with Crippen LogP contribution in [0.5, 0.6) is 0 Å². The molecule has 0 aromatic rings. The molecule has 0 bridgehead atoms. The summed E-state index contributed by atoms with van der Waals surface area (Å²) in [5, 5.41) is 0. The lowest BCUT2D eigenvalue weighted by molar-refractivity contribution is -0.120. The summed E-state index contributed by atoms with van der Waals surface area (Å²) in [5.74, 6) is 0.260. The van der Waals surface area contributed by atoms with Gasteiger partial charge in [-0.05, 0) is 27.9 Å². The van der Waals surface area contributed by atoms with Crippen molar-refractivity contribution in [2.75, 3.05) is 20.6 Å². The standard InChI is InChI=1S/C8H17NOS2/c1-8(2,12-11)7(10)5-6-9(3)4/h11H,5-6H2,1-4H3. The van der Waals surface area contributed by atoms with Crippen LogP contribution in [0.4, 0.5) is 0 Å². The predicted molar refractivity (Wildman–Crippen MR) is 58.8 cm³/mol. The molecule has 0 atom stereocenters. The lowest BCUT2D eigenvalue weighted by Crippen LogP contribution is -2.29. The SMILES string of the molecule is CN(C)CCC(=O)C(C)(C)SS. The van der Waals surface area contributed by atoms with Gasteiger partial charge in [0, 0.05) is 13.0 Å². The summed E-state index contributed by atoms with van der Waals surface area (Å²) in [4.78, 5) is 13.5. The van der Waals surface area contributed by atoms with Crippen LogP contribution < -0.4 is 0 Å². The van der Waals surface area contributed by atoms with Crippen LogP contribution in [0.2, 0.25) is 0 Å². The molecule has 72 valence electrons. The van der Waals surface area contributed by atoms with Crippen LogP contribution in [0.25, 0.3) is 0 Å². The smallest absolute Gasteiger partial charge is 0.150 e. The lowest BCUT2D eigenvalue weighted by atomic mass is 10.1. The van der Waals surface area contributed by atoms with Gasteiger partial charge in [-0.15, -0.1) is 11.7 Å². The molecule has 0 N–H and O–H groups in total. The molecule has 0 saturated heterocycles. The van der Waals surface area contributed by atoms with E-state index in [4.69, 9.17) is 0 Å². The zero-order valence-corrected chi connectivity index (χ0v) is 9.84. The second kappa shape index (κ2) is 5.14. The van der Waals surface area contributed by atoms with Gasteiger partial charge in [0.2, 0.25) is 0 Å². The number of hydrogen-bond acceptors (Lipinski definition) is 4. The lowest BCUT2D eigenvalue weighted by Gasteiger charge is -2.20. The van der Waals surface area contributed by atoms with E-state index in [0.717, 1.165) is 6.54 Å². The Balaban J connectivity index is 3.88. The first-order valence-corrected chi connectivity index (χ1v) is 5.77. The molecule has 0 heterocycles. The number of carbonyl (C=O) groups excluding carboxylic acids is 1. The van der Waals surface area contributed by atoms with Gasteiger partial charge in [0.1, 0.15) is 5.78 Å². The number of ketones is 1. The summed E-state index contributed by atoms with van der Waals surface area (Å²) in [7, 11) is 5.25. The molecule has 0 rings (SSSR count). The molecule has 2 nitrogen and oxygen atoms in total. The van der Waals surface area contributed by atoms with Crippen molar-refractivity contribution in [3.8, 4) is 0 Å². The van der Waals surface area contributed by atoms with Crippen LogP contribution in [0.3, 0.4) is 0 Å². The quantitative estimate of drug-likeness (QED) is 0.549. The Bertz CT molecular complexity index is 157. The van der Waals surface area contributed by atoms with Crippen molar-refractivity contribution in [3.63, 3.8) is 0 Å². The van der Waals surface area contributed by atoms with Crippen molar-refractivity contribution in [3.05, 3.63) is 0 Å². The van der Waals surface area contributed by atoms with Crippen LogP contribution in [0.15, 0.2) is 0 Å². The maximum atomic E-state index is 11.5. The molecule has 0 aliphatic rings. The molecule has 0 unspecified atom stereocenters. The van der Waals surface area contributed by atoms with Crippen LogP contribution in [0.1, 0.15) is 20.3 Å². The minimum absolute atomic E-state index is 0.260. The van der Waals surface area contributed by atoms with E-state index in [-0.39, 0.29) is 10.5 Å². The molecule has 0 aliphatic heterocycles. The van der Waals surface area contributed by atoms with Crippen molar-refractivity contribution in [2.45, 2.75) is 25.0 Å². The van der Waals surface area contributed by atoms with E-state index in [1.165, 1.54) is 10.8 Å². The summed E-state index contributed by atoms with van der Waals surface area (Å²) in [5.41, 5.74) is 0. The number of rotatable bonds is 5. The zero-order chi connectivity index (χ0) is 9.78. The van der Waals surface area contributed by atoms with Crippen molar-refractivity contribution in [2.24, 2.45) is 0 Å². The largest absolute Gasteiger partial charge is 0.309 e. The monoisotopic (exact) mass is 207 g/mol. The van der Waals surface area contributed by atoms with Gasteiger partial charge in [0.25, 0.3) is 0 Å². The van der Waals surface area contributed by atoms with Crippen molar-refractivity contribution < 1.29 is 4.79 Å². The minimum atomic E-state index is -0.348. The Hall–Kier alpha value is 0.330. The Morgan fingerprint density at radius 2 is 2.00 bits per heavy atom. The maximum absolute atomic E-state index is 11.5. The third-order valence-corrected chi connectivity index (χ3v) is 3.74. The van der Waals surface area contributed by atoms with Crippen molar-refractivity contribution >= 4 is 28.2 Å². The number of nitrogens with zero attached hydrogens (tertiary/aromatic N) is 1. The fourth-order valence-corrected chi connectivity index (χ4v) is 1.19. The van der Waals surface area contributed by atoms with E-state index in [0.29, 0.717) is 6.42 Å². The average molecular weight is 207 g/mol. The highest BCUT2D eigenvalue weighted by atomic mass is 33.1. The van der Waals surface area contributed by atoms with E-state index < -0.39 is 0 Å². The number of carbonyl (C=O) groups is 1. The minimum Gasteiger partial charge on any atom is -0.309 e. The molecule has 0 aromatic heterocycles. The van der Waals surface area contributed by atoms with Crippen LogP contribution in [-0.2, 0) is 4.79 Å². The topological polar surface area (TPSA) is 20.3 Å². The zero-order valence-electron chi connectivity index (χ0n) is 8.13. The average Bonchev–Trinajstić information content (AvgIpc) is 2.00. The van der Waals surface area contributed by atoms with E-state index >= 15 is 0 Å². The summed E-state index contributed by atoms with van der Waals surface area (Å²) >= 11 is 4.07. The van der Waals surface area contributed by atoms with E-state index in [2.05, 4.69) is 11.7 Å². The van der Waals surface area contributed by atoms with Gasteiger partial charge in [0.05, 0.1) is 4.75 Å². The van der Waals surface area contributed by atoms with Crippen molar-refractivity contribution in [1.29, 1.82) is 0 Å². The van der Waals surface area contributed by atoms with E-state index in [1.54, 1.807) is 0 Å². The third kappa shape index (κ3) is 4.38. The number of hydrogen-bond donors (Lipinski definition) is 1. The second-order valence-electron chi connectivity index (χ2n) is 3.58. The highest BCUT2D eigenvalue weighted by Crippen LogP contribution is 2.29. The molecular formula is C8H17NOS2. The molecule has 0 fully saturated rings. The molecule has 0 radical (unpaired) electrons. The Kier molecular flexibility index (Phi) is 5.29. The first-order valence-electron chi connectivity index (χ1n) is 3.91. The molecular weight excluding hydrogens is 190 g/mol. The van der Waals surface area contributed by atoms with Gasteiger partial charge in [0.15, 0.2) is 0 Å². The predicted octanol–water partition coefficient (Wildman–Crippen LogP) is 1.86. The molecule has 0 amide bonds. The van der Waals surface area contributed by atoms with Gasteiger partial charge < -0.3 is 4.90 Å². The fourth-order valence-electron chi connectivity index (χ4n) is 0.677. The summed E-state index contributed by atoms with van der Waals surface area (Å²) < 4.78 is -0.348. The third-order valence-electron chi connectivity index (χ3n) is 1.69. The van der Waals surface area contributed by atoms with E-state index in [1.807, 2.05) is 32.8 Å². The highest BCUT2D eigenvalue weighted by molar-refractivity contribution is 8.69. The first-order chi connectivity index (χ1) is 5.40. The van der Waals surface area contributed by atoms with Gasteiger partial charge in [-0.3, -0.25) is 4.79 Å². The molecule has 12 heavy (non-hydrogen) atoms. The Morgan fingerprint density at radius 3 is 2.33 bits per heavy atom. The molecule has 0 aliphatic carbocycles. The van der Waals surface area contributed by atoms with Gasteiger partial charge in [-0.25, -0.2) is 0 Å². The van der Waals surface area contributed by atoms with Gasteiger partial charge in [-0.1, -0.05) is 10.8 Å². The molecule has 0 spiro atoms. The molecule has 0 aromatic carbocycles. The summed E-state index contributed by atoms with van der Waals surface area (Å²) in [6, 6.07) is 0. The molecule has 0 saturated carbocycles. The maximum Gasteiger partial charge on any atom is 0.150 e. The fraction of sp³-hybridized carbons (Fsp3) is 0.875. The van der Waals surface area contributed by atoms with Crippen LogP contribution >= 0.6 is 22.5 Å². The normalized spacial score (nSPS) is 12.2.